The van der Waals surface area contributed by atoms with Gasteiger partial charge in [-0.15, -0.1) is 0 Å². The maximum atomic E-state index is 12.0. The molecule has 19 heavy (non-hydrogen) atoms. The first-order valence-corrected chi connectivity index (χ1v) is 6.84. The number of hydrogen-bond acceptors (Lipinski definition) is 3. The van der Waals surface area contributed by atoms with Gasteiger partial charge in [-0.3, -0.25) is 0 Å². The molecular weight excluding hydrogens is 248 g/mol. The van der Waals surface area contributed by atoms with Crippen LogP contribution < -0.4 is 10.6 Å². The number of methoxy groups -OCH3 is 1. The van der Waals surface area contributed by atoms with Crippen LogP contribution in [0, 0.1) is 0 Å². The van der Waals surface area contributed by atoms with Crippen molar-refractivity contribution in [1.82, 2.24) is 10.6 Å². The molecule has 1 saturated carbocycles. The predicted octanol–water partition coefficient (Wildman–Crippen LogP) is 1.50. The average molecular weight is 272 g/mol. The van der Waals surface area contributed by atoms with Crippen LogP contribution in [0.15, 0.2) is 0 Å². The van der Waals surface area contributed by atoms with Gasteiger partial charge < -0.3 is 20.5 Å². The van der Waals surface area contributed by atoms with Crippen molar-refractivity contribution >= 4 is 12.0 Å². The fourth-order valence-electron chi connectivity index (χ4n) is 2.58. The first-order chi connectivity index (χ1) is 8.99. The van der Waals surface area contributed by atoms with Gasteiger partial charge in [0.15, 0.2) is 0 Å². The van der Waals surface area contributed by atoms with Crippen molar-refractivity contribution in [2.24, 2.45) is 0 Å². The molecule has 110 valence electrons. The lowest BCUT2D eigenvalue weighted by atomic mass is 9.93. The lowest BCUT2D eigenvalue weighted by Crippen LogP contribution is -2.58. The molecule has 0 aliphatic heterocycles. The number of hydrogen-bond donors (Lipinski definition) is 3. The molecule has 2 unspecified atom stereocenters. The van der Waals surface area contributed by atoms with Gasteiger partial charge in [-0.05, 0) is 32.1 Å². The summed E-state index contributed by atoms with van der Waals surface area (Å²) in [5.74, 6) is -0.998. The smallest absolute Gasteiger partial charge is 0.329 e. The summed E-state index contributed by atoms with van der Waals surface area (Å²) >= 11 is 0. The van der Waals surface area contributed by atoms with Gasteiger partial charge in [0, 0.05) is 7.11 Å². The SMILES string of the molecule is CCC(CC)(NC(=O)NC1CCCC1OC)C(=O)O. The number of carboxylic acids is 1. The Balaban J connectivity index is 2.60. The maximum absolute atomic E-state index is 12.0. The summed E-state index contributed by atoms with van der Waals surface area (Å²) in [4.78, 5) is 23.3. The Kier molecular flexibility index (Phi) is 5.60. The fourth-order valence-corrected chi connectivity index (χ4v) is 2.58. The molecular formula is C13H24N2O4. The summed E-state index contributed by atoms with van der Waals surface area (Å²) in [6.45, 7) is 3.51. The average Bonchev–Trinajstić information content (AvgIpc) is 2.82. The van der Waals surface area contributed by atoms with E-state index < -0.39 is 17.5 Å². The van der Waals surface area contributed by atoms with Gasteiger partial charge in [0.05, 0.1) is 12.1 Å². The van der Waals surface area contributed by atoms with Crippen LogP contribution in [-0.4, -0.2) is 41.9 Å². The molecule has 2 atom stereocenters. The summed E-state index contributed by atoms with van der Waals surface area (Å²) in [7, 11) is 1.63. The molecule has 6 nitrogen and oxygen atoms in total. The number of ether oxygens (including phenoxy) is 1. The van der Waals surface area contributed by atoms with E-state index >= 15 is 0 Å². The zero-order valence-corrected chi connectivity index (χ0v) is 11.9. The van der Waals surface area contributed by atoms with E-state index in [9.17, 15) is 14.7 Å². The van der Waals surface area contributed by atoms with E-state index in [2.05, 4.69) is 10.6 Å². The zero-order chi connectivity index (χ0) is 14.5. The molecule has 0 bridgehead atoms. The van der Waals surface area contributed by atoms with E-state index in [1.807, 2.05) is 0 Å². The third-order valence-corrected chi connectivity index (χ3v) is 4.04. The van der Waals surface area contributed by atoms with Gasteiger partial charge in [-0.1, -0.05) is 13.8 Å². The fraction of sp³-hybridized carbons (Fsp3) is 0.846. The summed E-state index contributed by atoms with van der Waals surface area (Å²) in [5.41, 5.74) is -1.19. The third kappa shape index (κ3) is 3.59. The van der Waals surface area contributed by atoms with Gasteiger partial charge in [-0.25, -0.2) is 9.59 Å². The largest absolute Gasteiger partial charge is 0.480 e. The van der Waals surface area contributed by atoms with Crippen molar-refractivity contribution in [3.63, 3.8) is 0 Å². The van der Waals surface area contributed by atoms with Gasteiger partial charge in [0.1, 0.15) is 5.54 Å². The molecule has 0 spiro atoms. The number of urea groups is 1. The van der Waals surface area contributed by atoms with Crippen molar-refractivity contribution in [3.05, 3.63) is 0 Å². The molecule has 1 rings (SSSR count). The number of carboxylic acid groups (broad SMARTS) is 1. The number of carbonyl (C=O) groups excluding carboxylic acids is 1. The molecule has 1 aliphatic rings. The quantitative estimate of drug-likeness (QED) is 0.683. The van der Waals surface area contributed by atoms with Crippen molar-refractivity contribution in [2.75, 3.05) is 7.11 Å². The zero-order valence-electron chi connectivity index (χ0n) is 11.9. The summed E-state index contributed by atoms with van der Waals surface area (Å²) < 4.78 is 5.30. The Hall–Kier alpha value is -1.30. The minimum absolute atomic E-state index is 0.0215. The maximum Gasteiger partial charge on any atom is 0.329 e. The van der Waals surface area contributed by atoms with E-state index in [0.29, 0.717) is 12.8 Å². The Morgan fingerprint density at radius 1 is 1.32 bits per heavy atom. The van der Waals surface area contributed by atoms with Gasteiger partial charge in [0.2, 0.25) is 0 Å². The Labute approximate surface area is 113 Å². The van der Waals surface area contributed by atoms with Crippen molar-refractivity contribution in [3.8, 4) is 0 Å². The Bertz CT molecular complexity index is 329. The molecule has 0 heterocycles. The predicted molar refractivity (Wildman–Crippen MR) is 71.1 cm³/mol. The van der Waals surface area contributed by atoms with Crippen molar-refractivity contribution < 1.29 is 19.4 Å². The van der Waals surface area contributed by atoms with Crippen LogP contribution in [0.5, 0.6) is 0 Å². The molecule has 1 aliphatic carbocycles. The van der Waals surface area contributed by atoms with E-state index in [1.165, 1.54) is 0 Å². The molecule has 0 radical (unpaired) electrons. The molecule has 3 N–H and O–H groups in total. The van der Waals surface area contributed by atoms with Gasteiger partial charge >= 0.3 is 12.0 Å². The van der Waals surface area contributed by atoms with Crippen LogP contribution in [0.25, 0.3) is 0 Å². The molecule has 2 amide bonds. The highest BCUT2D eigenvalue weighted by molar-refractivity contribution is 5.86. The van der Waals surface area contributed by atoms with Crippen LogP contribution in [0.1, 0.15) is 46.0 Å². The standard InChI is InChI=1S/C13H24N2O4/c1-4-13(5-2,11(16)17)15-12(18)14-9-7-6-8-10(9)19-3/h9-10H,4-8H2,1-3H3,(H,16,17)(H2,14,15,18). The summed E-state index contributed by atoms with van der Waals surface area (Å²) in [6.07, 6.45) is 3.52. The van der Waals surface area contributed by atoms with Gasteiger partial charge in [0.25, 0.3) is 0 Å². The number of nitrogens with one attached hydrogen (secondary N) is 2. The molecule has 0 saturated heterocycles. The van der Waals surface area contributed by atoms with Crippen molar-refractivity contribution in [1.29, 1.82) is 0 Å². The molecule has 6 heteroatoms. The van der Waals surface area contributed by atoms with E-state index in [4.69, 9.17) is 4.74 Å². The number of amides is 2. The Morgan fingerprint density at radius 2 is 1.95 bits per heavy atom. The first kappa shape index (κ1) is 15.8. The topological polar surface area (TPSA) is 87.7 Å². The molecule has 0 aromatic heterocycles. The monoisotopic (exact) mass is 272 g/mol. The highest BCUT2D eigenvalue weighted by atomic mass is 16.5. The molecule has 0 aromatic rings. The number of carbonyl (C=O) groups is 2. The lowest BCUT2D eigenvalue weighted by Gasteiger charge is -2.29. The van der Waals surface area contributed by atoms with Crippen LogP contribution in [0.4, 0.5) is 4.79 Å². The first-order valence-electron chi connectivity index (χ1n) is 6.84. The van der Waals surface area contributed by atoms with E-state index in [1.54, 1.807) is 21.0 Å². The van der Waals surface area contributed by atoms with Crippen molar-refractivity contribution in [2.45, 2.75) is 63.6 Å². The van der Waals surface area contributed by atoms with Gasteiger partial charge in [-0.2, -0.15) is 0 Å². The summed E-state index contributed by atoms with van der Waals surface area (Å²) in [5, 5.41) is 14.7. The highest BCUT2D eigenvalue weighted by Crippen LogP contribution is 2.22. The number of rotatable bonds is 6. The second-order valence-electron chi connectivity index (χ2n) is 5.00. The molecule has 0 aromatic carbocycles. The third-order valence-electron chi connectivity index (χ3n) is 4.04. The lowest BCUT2D eigenvalue weighted by molar-refractivity contribution is -0.144. The second kappa shape index (κ2) is 6.75. The highest BCUT2D eigenvalue weighted by Gasteiger charge is 2.37. The molecule has 1 fully saturated rings. The number of aliphatic carboxylic acids is 1. The van der Waals surface area contributed by atoms with E-state index in [0.717, 1.165) is 19.3 Å². The van der Waals surface area contributed by atoms with Crippen LogP contribution in [0.2, 0.25) is 0 Å². The van der Waals surface area contributed by atoms with Crippen LogP contribution >= 0.6 is 0 Å². The minimum atomic E-state index is -1.19. The van der Waals surface area contributed by atoms with E-state index in [-0.39, 0.29) is 12.1 Å². The van der Waals surface area contributed by atoms with Crippen LogP contribution in [0.3, 0.4) is 0 Å². The summed E-state index contributed by atoms with van der Waals surface area (Å²) in [6, 6.07) is -0.467. The normalized spacial score (nSPS) is 23.1. The second-order valence-corrected chi connectivity index (χ2v) is 5.00. The Morgan fingerprint density at radius 3 is 2.42 bits per heavy atom. The van der Waals surface area contributed by atoms with Crippen LogP contribution in [-0.2, 0) is 9.53 Å². The minimum Gasteiger partial charge on any atom is -0.480 e.